The molecule has 0 radical (unpaired) electrons. The summed E-state index contributed by atoms with van der Waals surface area (Å²) in [6.07, 6.45) is 2.99. The molecule has 2 aromatic rings. The molecule has 0 N–H and O–H groups in total. The summed E-state index contributed by atoms with van der Waals surface area (Å²) in [7, 11) is -2.10. The fourth-order valence-electron chi connectivity index (χ4n) is 2.74. The number of ether oxygens (including phenoxy) is 1. The molecule has 7 heteroatoms. The Morgan fingerprint density at radius 1 is 1.32 bits per heavy atom. The van der Waals surface area contributed by atoms with E-state index in [4.69, 9.17) is 9.16 Å². The van der Waals surface area contributed by atoms with Crippen LogP contribution in [0.1, 0.15) is 46.3 Å². The van der Waals surface area contributed by atoms with Gasteiger partial charge in [0, 0.05) is 18.1 Å². The molecule has 0 bridgehead atoms. The smallest absolute Gasteiger partial charge is 0.250 e. The van der Waals surface area contributed by atoms with E-state index in [-0.39, 0.29) is 17.1 Å². The first-order chi connectivity index (χ1) is 11.6. The summed E-state index contributed by atoms with van der Waals surface area (Å²) in [5, 5.41) is 5.55. The molecule has 25 heavy (non-hydrogen) atoms. The quantitative estimate of drug-likeness (QED) is 0.411. The summed E-state index contributed by atoms with van der Waals surface area (Å²) in [5.74, 6) is 0.00630. The first kappa shape index (κ1) is 19.1. The molecule has 1 aromatic heterocycles. The topological polar surface area (TPSA) is 36.3 Å². The van der Waals surface area contributed by atoms with Crippen LogP contribution in [0.15, 0.2) is 12.1 Å². The van der Waals surface area contributed by atoms with Gasteiger partial charge in [-0.05, 0) is 66.1 Å². The van der Waals surface area contributed by atoms with Gasteiger partial charge in [0.15, 0.2) is 12.0 Å². The van der Waals surface area contributed by atoms with E-state index >= 15 is 0 Å². The predicted molar refractivity (Wildman–Crippen MR) is 109 cm³/mol. The minimum Gasteiger partial charge on any atom is -0.542 e. The zero-order valence-corrected chi connectivity index (χ0v) is 18.7. The summed E-state index contributed by atoms with van der Waals surface area (Å²) in [6, 6.07) is 3.35. The van der Waals surface area contributed by atoms with Crippen LogP contribution in [0.4, 0.5) is 4.39 Å². The number of hydrogen-bond donors (Lipinski definition) is 0. The van der Waals surface area contributed by atoms with Crippen LogP contribution in [0.2, 0.25) is 18.1 Å². The van der Waals surface area contributed by atoms with Gasteiger partial charge in [-0.15, -0.1) is 0 Å². The maximum atomic E-state index is 14.8. The number of benzene rings is 1. The van der Waals surface area contributed by atoms with Gasteiger partial charge in [-0.3, -0.25) is 0 Å². The first-order valence-electron chi connectivity index (χ1n) is 8.78. The number of aromatic nitrogens is 2. The SMILES string of the molecule is CC(C)(C)[Si](C)(C)Oc1cc2c(I)nn(C3CCCCO3)c2cc1F. The van der Waals surface area contributed by atoms with Crippen molar-refractivity contribution in [3.05, 3.63) is 21.7 Å². The normalized spacial score (nSPS) is 19.4. The van der Waals surface area contributed by atoms with Crippen molar-refractivity contribution in [2.24, 2.45) is 0 Å². The molecule has 1 aliphatic rings. The van der Waals surface area contributed by atoms with Crippen LogP contribution in [0.25, 0.3) is 10.9 Å². The van der Waals surface area contributed by atoms with Gasteiger partial charge >= 0.3 is 0 Å². The Bertz CT molecular complexity index is 779. The standard InChI is InChI=1S/C18H26FIN2O2Si/c1-18(2,3)25(4,5)24-15-10-12-14(11-13(15)19)22(21-17(12)20)16-8-6-7-9-23-16/h10-11,16H,6-9H2,1-5H3. The average molecular weight is 476 g/mol. The zero-order chi connectivity index (χ0) is 18.4. The summed E-state index contributed by atoms with van der Waals surface area (Å²) >= 11 is 2.20. The second kappa shape index (κ2) is 6.81. The second-order valence-electron chi connectivity index (χ2n) is 8.22. The van der Waals surface area contributed by atoms with E-state index in [0.717, 1.165) is 40.5 Å². The van der Waals surface area contributed by atoms with Crippen molar-refractivity contribution in [3.63, 3.8) is 0 Å². The summed E-state index contributed by atoms with van der Waals surface area (Å²) in [5.41, 5.74) is 0.774. The lowest BCUT2D eigenvalue weighted by atomic mass is 10.2. The van der Waals surface area contributed by atoms with Crippen LogP contribution in [0, 0.1) is 9.52 Å². The first-order valence-corrected chi connectivity index (χ1v) is 12.8. The van der Waals surface area contributed by atoms with Gasteiger partial charge in [-0.2, -0.15) is 5.10 Å². The number of nitrogens with zero attached hydrogens (tertiary/aromatic N) is 2. The molecule has 0 aliphatic carbocycles. The Balaban J connectivity index is 2.01. The van der Waals surface area contributed by atoms with E-state index in [9.17, 15) is 4.39 Å². The van der Waals surface area contributed by atoms with Gasteiger partial charge in [0.05, 0.1) is 5.52 Å². The molecule has 1 atom stereocenters. The fraction of sp³-hybridized carbons (Fsp3) is 0.611. The van der Waals surface area contributed by atoms with Gasteiger partial charge in [-0.1, -0.05) is 20.8 Å². The van der Waals surface area contributed by atoms with E-state index < -0.39 is 8.32 Å². The molecule has 4 nitrogen and oxygen atoms in total. The highest BCUT2D eigenvalue weighted by molar-refractivity contribution is 14.1. The maximum absolute atomic E-state index is 14.8. The number of fused-ring (bicyclic) bond motifs is 1. The molecule has 1 unspecified atom stereocenters. The molecule has 0 saturated carbocycles. The van der Waals surface area contributed by atoms with Crippen LogP contribution < -0.4 is 4.43 Å². The molecule has 2 heterocycles. The third-order valence-corrected chi connectivity index (χ3v) is 10.5. The third kappa shape index (κ3) is 3.73. The number of halogens is 2. The van der Waals surface area contributed by atoms with Gasteiger partial charge in [0.25, 0.3) is 8.32 Å². The van der Waals surface area contributed by atoms with Crippen molar-refractivity contribution in [2.45, 2.75) is 64.4 Å². The summed E-state index contributed by atoms with van der Waals surface area (Å²) < 4.78 is 29.5. The van der Waals surface area contributed by atoms with Crippen molar-refractivity contribution in [3.8, 4) is 5.75 Å². The fourth-order valence-corrected chi connectivity index (χ4v) is 4.42. The molecule has 138 valence electrons. The van der Waals surface area contributed by atoms with Gasteiger partial charge in [0.2, 0.25) is 0 Å². The molecule has 0 spiro atoms. The van der Waals surface area contributed by atoms with E-state index in [0.29, 0.717) is 5.75 Å². The minimum atomic E-state index is -2.10. The Morgan fingerprint density at radius 3 is 2.64 bits per heavy atom. The van der Waals surface area contributed by atoms with Crippen LogP contribution in [-0.4, -0.2) is 24.7 Å². The highest BCUT2D eigenvalue weighted by Crippen LogP contribution is 2.39. The Hall–Kier alpha value is -0.673. The summed E-state index contributed by atoms with van der Waals surface area (Å²) in [6.45, 7) is 11.4. The Morgan fingerprint density at radius 2 is 2.04 bits per heavy atom. The predicted octanol–water partition coefficient (Wildman–Crippen LogP) is 5.86. The lowest BCUT2D eigenvalue weighted by Gasteiger charge is -2.36. The van der Waals surface area contributed by atoms with Crippen LogP contribution >= 0.6 is 22.6 Å². The van der Waals surface area contributed by atoms with E-state index in [1.165, 1.54) is 0 Å². The number of hydrogen-bond acceptors (Lipinski definition) is 3. The molecule has 1 fully saturated rings. The molecule has 1 aromatic carbocycles. The van der Waals surface area contributed by atoms with Crippen molar-refractivity contribution in [1.29, 1.82) is 0 Å². The lowest BCUT2D eigenvalue weighted by molar-refractivity contribution is -0.0368. The van der Waals surface area contributed by atoms with Crippen LogP contribution in [0.5, 0.6) is 5.75 Å². The van der Waals surface area contributed by atoms with E-state index in [1.807, 2.05) is 4.68 Å². The molecule has 1 aliphatic heterocycles. The molecular formula is C18H26FIN2O2Si. The van der Waals surface area contributed by atoms with Crippen molar-refractivity contribution < 1.29 is 13.6 Å². The maximum Gasteiger partial charge on any atom is 0.250 e. The van der Waals surface area contributed by atoms with Gasteiger partial charge < -0.3 is 9.16 Å². The van der Waals surface area contributed by atoms with Crippen molar-refractivity contribution in [1.82, 2.24) is 9.78 Å². The van der Waals surface area contributed by atoms with Crippen molar-refractivity contribution in [2.75, 3.05) is 6.61 Å². The molecular weight excluding hydrogens is 450 g/mol. The highest BCUT2D eigenvalue weighted by atomic mass is 127. The minimum absolute atomic E-state index is 0.0155. The molecule has 0 amide bonds. The number of rotatable bonds is 3. The Labute approximate surface area is 163 Å². The summed E-state index contributed by atoms with van der Waals surface area (Å²) in [4.78, 5) is 0. The van der Waals surface area contributed by atoms with E-state index in [1.54, 1.807) is 12.1 Å². The van der Waals surface area contributed by atoms with Gasteiger partial charge in [-0.25, -0.2) is 9.07 Å². The van der Waals surface area contributed by atoms with Crippen LogP contribution in [0.3, 0.4) is 0 Å². The van der Waals surface area contributed by atoms with Gasteiger partial charge in [0.1, 0.15) is 9.45 Å². The monoisotopic (exact) mass is 476 g/mol. The van der Waals surface area contributed by atoms with E-state index in [2.05, 4.69) is 61.6 Å². The largest absolute Gasteiger partial charge is 0.542 e. The molecule has 1 saturated heterocycles. The highest BCUT2D eigenvalue weighted by Gasteiger charge is 2.39. The van der Waals surface area contributed by atoms with Crippen LogP contribution in [-0.2, 0) is 4.74 Å². The third-order valence-electron chi connectivity index (χ3n) is 5.31. The average Bonchev–Trinajstić information content (AvgIpc) is 2.84. The van der Waals surface area contributed by atoms with Crippen molar-refractivity contribution >= 4 is 41.8 Å². The second-order valence-corrected chi connectivity index (χ2v) is 14.0. The Kier molecular flexibility index (Phi) is 5.20. The zero-order valence-electron chi connectivity index (χ0n) is 15.5. The molecule has 3 rings (SSSR count). The lowest BCUT2D eigenvalue weighted by Crippen LogP contribution is -2.44.